The fourth-order valence-electron chi connectivity index (χ4n) is 15.3. The van der Waals surface area contributed by atoms with E-state index in [4.69, 9.17) is 99.4 Å². The van der Waals surface area contributed by atoms with E-state index in [0.717, 1.165) is 129 Å². The van der Waals surface area contributed by atoms with Crippen LogP contribution in [0.2, 0.25) is 21.0 Å². The average molecular weight is 2100 g/mol. The van der Waals surface area contributed by atoms with E-state index >= 15 is 0 Å². The number of aryl methyl sites for hydroxylation is 5. The molecule has 0 aliphatic heterocycles. The number of ketones is 1. The van der Waals surface area contributed by atoms with Crippen LogP contribution in [0.25, 0.3) is 65.5 Å². The maximum atomic E-state index is 12.0. The Labute approximate surface area is 888 Å². The van der Waals surface area contributed by atoms with Crippen LogP contribution in [0, 0.1) is 11.3 Å². The van der Waals surface area contributed by atoms with Crippen LogP contribution in [0.4, 0.5) is 62.5 Å². The van der Waals surface area contributed by atoms with Crippen molar-refractivity contribution in [3.8, 4) is 12.1 Å². The molecule has 19 rings (SSSR count). The minimum absolute atomic E-state index is 0. The first-order valence-electron chi connectivity index (χ1n) is 45.7. The summed E-state index contributed by atoms with van der Waals surface area (Å²) in [7, 11) is 9.87. The average Bonchev–Trinajstić information content (AvgIpc) is 1.57. The van der Waals surface area contributed by atoms with Gasteiger partial charge in [-0.15, -0.1) is 5.10 Å². The number of primary amides is 2. The van der Waals surface area contributed by atoms with E-state index in [1.807, 2.05) is 245 Å². The number of amides is 3. The number of para-hydroxylation sites is 1. The second kappa shape index (κ2) is 54.3. The van der Waals surface area contributed by atoms with Crippen molar-refractivity contribution in [1.29, 1.82) is 5.26 Å². The molecule has 774 valence electrons. The number of ether oxygens (including phenoxy) is 3. The summed E-state index contributed by atoms with van der Waals surface area (Å²) >= 11 is 22.7. The van der Waals surface area contributed by atoms with Crippen LogP contribution in [0.5, 0.6) is 6.01 Å². The van der Waals surface area contributed by atoms with Gasteiger partial charge in [0.2, 0.25) is 27.6 Å². The molecule has 6 aromatic carbocycles. The van der Waals surface area contributed by atoms with Gasteiger partial charge in [-0.3, -0.25) is 14.4 Å². The predicted octanol–water partition coefficient (Wildman–Crippen LogP) is 14.6. The van der Waals surface area contributed by atoms with Gasteiger partial charge in [-0.25, -0.2) is 49.1 Å². The molecule has 0 bridgehead atoms. The molecule has 2 fully saturated rings. The molecule has 4 atom stereocenters. The van der Waals surface area contributed by atoms with E-state index in [9.17, 15) is 38.7 Å². The molecule has 2 aliphatic carbocycles. The van der Waals surface area contributed by atoms with E-state index in [2.05, 4.69) is 103 Å². The molecular formula is C101H113Cl4LiN30O13. The maximum absolute atomic E-state index is 12.0. The molecule has 0 spiro atoms. The number of halogens is 4. The van der Waals surface area contributed by atoms with E-state index in [-0.39, 0.29) is 142 Å². The number of Topliss-reactive ketones (excluding diaryl/α,β-unsaturated/α-hetero) is 1. The molecule has 11 heterocycles. The topological polar surface area (TPSA) is 617 Å². The Morgan fingerprint density at radius 2 is 0.846 bits per heavy atom. The summed E-state index contributed by atoms with van der Waals surface area (Å²) in [5, 5.41) is 48.6. The van der Waals surface area contributed by atoms with Crippen molar-refractivity contribution in [2.45, 2.75) is 130 Å². The van der Waals surface area contributed by atoms with Crippen molar-refractivity contribution in [2.24, 2.45) is 58.2 Å². The van der Waals surface area contributed by atoms with Gasteiger partial charge in [0.1, 0.15) is 73.1 Å². The van der Waals surface area contributed by atoms with Crippen LogP contribution in [0.3, 0.4) is 0 Å². The molecule has 17 aromatic rings. The largest absolute Gasteiger partial charge is 1.00 e. The van der Waals surface area contributed by atoms with E-state index < -0.39 is 41.1 Å². The zero-order valence-electron chi connectivity index (χ0n) is 82.8. The minimum atomic E-state index is -1.12. The maximum Gasteiger partial charge on any atom is 1.00 e. The number of rotatable bonds is 20. The van der Waals surface area contributed by atoms with Crippen LogP contribution in [0.1, 0.15) is 152 Å². The Balaban J connectivity index is 0.000000195. The van der Waals surface area contributed by atoms with Gasteiger partial charge in [0, 0.05) is 211 Å². The number of carboxylic acid groups (broad SMARTS) is 1. The number of fused-ring (bicyclic) bond motifs is 6. The summed E-state index contributed by atoms with van der Waals surface area (Å²) in [6.07, 6.45) is 24.5. The number of hydrogen-bond acceptors (Lipinski definition) is 33. The second-order valence-corrected chi connectivity index (χ2v) is 35.3. The van der Waals surface area contributed by atoms with Gasteiger partial charge < -0.3 is 113 Å². The standard InChI is InChI=1S/C20H16N8O2.C20H25N7O.C16H15ClN4O2.C14H11ClN4O2.C11H22N2O2.C9H10N2.C7H6Cl2N2O2.C3H3NO.CH4.Li.H2O/c1-27-10-9-12-14(6-4-8-16(12)27)23-19-13(18(21)29)11-22-20(24-19)30-28-17-7-3-2-5-15(17)25-26-28;1-27-10-9-12-15(7-4-8-17(12)27)24-19-13(18(22)28)11-23-20(26-19)25-16-6-3-2-5-14(16)21;1-3-23-15(22)11-9-18-16(17)20-14(11)19-12-5-4-6-13-10(12)7-8-21(13)2;1-19-6-5-8-10(3-2-4-11(8)19)17-12-9(13(20)21)7-16-14(15)18-12;1-11(2,3)15-10(14)13-9-7-5-4-6-8(9)12;1-11-6-5-7-8(10)3-2-4-9(7)11;1-2-13-6(12)4-3-10-7(9)11-5(4)8;1-3(5)2-4;;;/h2-11H,1H3,(H2,21,29)(H,22,23,24);4,7-11,14,16H,2-3,5-6,21H2,1H3,(H2,22,28)(H2,23,24,25,26);4-9H,3H2,1-2H3,(H,18,19,20);2-7H,1H3,(H,20,21)(H,16,17,18);8-9H,4-7,12H2,1-3H3,(H,13,14);2-6H,10H2,1H3;3H,2H2,1H3;1H3;1H4;;1H2/q;;;;;;;;;+1;/p-1/t;14-,16+;;;8-,9+;;;;;;/m.0..1....../s1. The fourth-order valence-corrected chi connectivity index (χ4v) is 16.0. The van der Waals surface area contributed by atoms with Gasteiger partial charge in [-0.2, -0.15) is 25.2 Å². The number of carbonyl (C=O) groups is 7. The molecule has 0 unspecified atom stereocenters. The summed E-state index contributed by atoms with van der Waals surface area (Å²) < 4.78 is 25.0. The monoisotopic (exact) mass is 2100 g/mol. The number of hydrogen-bond donors (Lipinski definition) is 12. The number of carbonyl (C=O) groups excluding carboxylic acids is 6. The number of carboxylic acids is 1. The SMILES string of the molecule is C.CC(=O)C#N.CC(C)(C)OC(=O)N[C@H]1CCCC[C@H]1N.CCOC(=O)c1cnc(Cl)nc1Cl.CCOC(=O)c1cnc(Cl)nc1Nc1cccc2c1ccn2C.Cn1ccc2c(N)cccc21.Cn1ccc2c(Nc3nc(Cl)ncc3C(=O)O)cccc21.Cn1ccc2c(Nc3nc(N[C@@H]4CCCC[C@@H]4N)ncc3C(N)=O)cccc21.Cn1ccc2c(Nc3nc(On4nnc5ccccc54)ncc3C(N)=O)cccc21.[Li+].[OH-]. The van der Waals surface area contributed by atoms with Gasteiger partial charge in [0.15, 0.2) is 5.82 Å². The summed E-state index contributed by atoms with van der Waals surface area (Å²) in [5.74, 6) is -2.30. The van der Waals surface area contributed by atoms with E-state index in [0.29, 0.717) is 28.6 Å². The van der Waals surface area contributed by atoms with Gasteiger partial charge in [0.25, 0.3) is 11.8 Å². The molecule has 149 heavy (non-hydrogen) atoms. The number of benzene rings is 6. The van der Waals surface area contributed by atoms with Crippen molar-refractivity contribution in [1.82, 2.24) is 93.1 Å². The molecule has 3 amide bonds. The first-order valence-corrected chi connectivity index (χ1v) is 47.2. The van der Waals surface area contributed by atoms with Crippen LogP contribution in [-0.4, -0.2) is 183 Å². The Morgan fingerprint density at radius 3 is 1.27 bits per heavy atom. The van der Waals surface area contributed by atoms with E-state index in [1.54, 1.807) is 13.8 Å². The zero-order valence-corrected chi connectivity index (χ0v) is 85.8. The van der Waals surface area contributed by atoms with Crippen molar-refractivity contribution in [3.05, 3.63) is 256 Å². The molecule has 18 N–H and O–H groups in total. The van der Waals surface area contributed by atoms with Crippen LogP contribution < -0.4 is 84.3 Å². The Hall–Kier alpha value is -16.2. The third-order valence-electron chi connectivity index (χ3n) is 22.5. The molecule has 43 nitrogen and oxygen atoms in total. The second-order valence-electron chi connectivity index (χ2n) is 34.0. The Kier molecular flexibility index (Phi) is 42.4. The number of nitrogens with zero attached hydrogens (tertiary/aromatic N) is 19. The number of nitriles is 1. The van der Waals surface area contributed by atoms with Crippen molar-refractivity contribution in [2.75, 3.05) is 45.5 Å². The summed E-state index contributed by atoms with van der Waals surface area (Å²) in [6, 6.07) is 48.2. The molecule has 2 aliphatic rings. The third-order valence-corrected chi connectivity index (χ3v) is 23.4. The molecule has 11 aromatic heterocycles. The van der Waals surface area contributed by atoms with Crippen molar-refractivity contribution in [3.63, 3.8) is 0 Å². The fraction of sp³-hybridized carbons (Fsp3) is 0.267. The Morgan fingerprint density at radius 1 is 0.477 bits per heavy atom. The third kappa shape index (κ3) is 31.2. The number of aromatic carboxylic acids is 1. The number of alkyl carbamates (subject to hydrolysis) is 1. The molecular weight excluding hydrogens is 1990 g/mol. The van der Waals surface area contributed by atoms with Gasteiger partial charge in [0.05, 0.1) is 13.2 Å². The summed E-state index contributed by atoms with van der Waals surface area (Å²) in [4.78, 5) is 126. The van der Waals surface area contributed by atoms with E-state index in [1.165, 1.54) is 54.3 Å². The summed E-state index contributed by atoms with van der Waals surface area (Å²) in [5.41, 5.74) is 40.0. The molecule has 48 heteroatoms. The number of nitrogens with one attached hydrogen (secondary N) is 6. The van der Waals surface area contributed by atoms with Crippen LogP contribution in [-0.2, 0) is 54.2 Å². The number of aromatic nitrogens is 18. The molecule has 2 saturated carbocycles. The number of nitrogen functional groups attached to an aromatic ring is 1. The van der Waals surface area contributed by atoms with Crippen LogP contribution >= 0.6 is 46.4 Å². The van der Waals surface area contributed by atoms with Gasteiger partial charge in [-0.05, 0) is 203 Å². The minimum Gasteiger partial charge on any atom is -0.870 e. The van der Waals surface area contributed by atoms with Crippen LogP contribution in [0.15, 0.2) is 208 Å². The smallest absolute Gasteiger partial charge is 0.870 e. The van der Waals surface area contributed by atoms with Gasteiger partial charge in [-0.1, -0.05) is 92.0 Å². The first kappa shape index (κ1) is 116. The quantitative estimate of drug-likeness (QED) is 0.00641. The number of esters is 2. The van der Waals surface area contributed by atoms with Crippen molar-refractivity contribution >= 4 is 211 Å². The molecule has 0 radical (unpaired) electrons. The first-order chi connectivity index (χ1) is 69.9. The number of anilines is 10. The molecule has 0 saturated heterocycles. The number of nitrogens with two attached hydrogens (primary N) is 5. The van der Waals surface area contributed by atoms with Crippen molar-refractivity contribution < 1.29 is 82.1 Å². The summed E-state index contributed by atoms with van der Waals surface area (Å²) in [6.45, 7) is 10.8. The normalized spacial score (nSPS) is 13.6. The zero-order chi connectivity index (χ0) is 105. The van der Waals surface area contributed by atoms with Gasteiger partial charge >= 0.3 is 48.9 Å². The predicted molar refractivity (Wildman–Crippen MR) is 570 cm³/mol. The Bertz CT molecular complexity index is 7610.